The van der Waals surface area contributed by atoms with E-state index in [2.05, 4.69) is 35.0 Å². The Balaban J connectivity index is 1.37. The third-order valence-corrected chi connectivity index (χ3v) is 5.03. The number of carbonyl (C=O) groups excluding carboxylic acids is 1. The van der Waals surface area contributed by atoms with Gasteiger partial charge in [0.25, 0.3) is 5.91 Å². The van der Waals surface area contributed by atoms with Crippen LogP contribution in [0, 0.1) is 0 Å². The van der Waals surface area contributed by atoms with E-state index >= 15 is 0 Å². The van der Waals surface area contributed by atoms with Crippen LogP contribution in [0.15, 0.2) is 61.3 Å². The van der Waals surface area contributed by atoms with Crippen molar-refractivity contribution in [1.82, 2.24) is 29.7 Å². The average Bonchev–Trinajstić information content (AvgIpc) is 3.50. The zero-order chi connectivity index (χ0) is 20.5. The maximum Gasteiger partial charge on any atom is 0.274 e. The molecule has 1 aliphatic rings. The molecule has 1 saturated carbocycles. The lowest BCUT2D eigenvalue weighted by atomic mass is 10.1. The van der Waals surface area contributed by atoms with Crippen molar-refractivity contribution in [2.45, 2.75) is 18.9 Å². The largest absolute Gasteiger partial charge is 0.321 e. The number of halogens is 1. The number of hydrogen-bond acceptors (Lipinski definition) is 6. The van der Waals surface area contributed by atoms with Gasteiger partial charge in [-0.2, -0.15) is 0 Å². The maximum atomic E-state index is 12.8. The molecule has 0 saturated heterocycles. The van der Waals surface area contributed by atoms with Gasteiger partial charge in [0.15, 0.2) is 5.82 Å². The van der Waals surface area contributed by atoms with Crippen LogP contribution in [0.3, 0.4) is 0 Å². The molecule has 0 bridgehead atoms. The molecule has 3 heterocycles. The Morgan fingerprint density at radius 2 is 1.87 bits per heavy atom. The minimum absolute atomic E-state index is 0.170. The number of benzene rings is 1. The standard InChI is InChI=1S/C21H16ClN7O/c22-21-24-10-15(11-25-21)13-6-7-23-18(9-13)20(30)27-16-3-1-2-14(8-16)19-28-26-12-29(19)17-4-5-17/h1-3,6-12,17H,4-5H2,(H,27,30). The second kappa shape index (κ2) is 7.64. The lowest BCUT2D eigenvalue weighted by Crippen LogP contribution is -2.13. The van der Waals surface area contributed by atoms with Gasteiger partial charge in [0, 0.05) is 41.4 Å². The first-order chi connectivity index (χ1) is 14.7. The molecule has 148 valence electrons. The van der Waals surface area contributed by atoms with Crippen LogP contribution in [0.1, 0.15) is 29.4 Å². The second-order valence-electron chi connectivity index (χ2n) is 7.00. The Bertz CT molecular complexity index is 1220. The fraction of sp³-hybridized carbons (Fsp3) is 0.143. The molecule has 0 radical (unpaired) electrons. The van der Waals surface area contributed by atoms with Crippen LogP contribution in [0.2, 0.25) is 5.28 Å². The van der Waals surface area contributed by atoms with Crippen LogP contribution < -0.4 is 5.32 Å². The first-order valence-electron chi connectivity index (χ1n) is 9.42. The van der Waals surface area contributed by atoms with Crippen molar-refractivity contribution in [2.24, 2.45) is 0 Å². The van der Waals surface area contributed by atoms with Crippen molar-refractivity contribution < 1.29 is 4.79 Å². The first-order valence-corrected chi connectivity index (χ1v) is 9.80. The molecule has 0 aliphatic heterocycles. The Labute approximate surface area is 177 Å². The van der Waals surface area contributed by atoms with Crippen LogP contribution in [0.25, 0.3) is 22.5 Å². The molecule has 4 aromatic rings. The van der Waals surface area contributed by atoms with E-state index in [-0.39, 0.29) is 16.9 Å². The molecule has 1 aromatic carbocycles. The smallest absolute Gasteiger partial charge is 0.274 e. The number of anilines is 1. The van der Waals surface area contributed by atoms with Crippen molar-refractivity contribution in [3.05, 3.63) is 72.3 Å². The van der Waals surface area contributed by atoms with Gasteiger partial charge >= 0.3 is 0 Å². The van der Waals surface area contributed by atoms with Crippen molar-refractivity contribution in [3.8, 4) is 22.5 Å². The maximum absolute atomic E-state index is 12.8. The monoisotopic (exact) mass is 417 g/mol. The Morgan fingerprint density at radius 1 is 1.03 bits per heavy atom. The van der Waals surface area contributed by atoms with Gasteiger partial charge in [0.1, 0.15) is 12.0 Å². The summed E-state index contributed by atoms with van der Waals surface area (Å²) < 4.78 is 2.08. The summed E-state index contributed by atoms with van der Waals surface area (Å²) in [5, 5.41) is 11.4. The first kappa shape index (κ1) is 18.4. The fourth-order valence-electron chi connectivity index (χ4n) is 3.20. The zero-order valence-corrected chi connectivity index (χ0v) is 16.5. The van der Waals surface area contributed by atoms with Gasteiger partial charge < -0.3 is 9.88 Å². The van der Waals surface area contributed by atoms with Gasteiger partial charge in [-0.05, 0) is 54.3 Å². The van der Waals surface area contributed by atoms with Gasteiger partial charge in [0.05, 0.1) is 0 Å². The summed E-state index contributed by atoms with van der Waals surface area (Å²) in [5.41, 5.74) is 3.37. The number of rotatable bonds is 5. The number of pyridine rings is 1. The van der Waals surface area contributed by atoms with E-state index in [4.69, 9.17) is 11.6 Å². The lowest BCUT2D eigenvalue weighted by Gasteiger charge is -2.09. The number of aromatic nitrogens is 6. The van der Waals surface area contributed by atoms with E-state index in [0.717, 1.165) is 35.4 Å². The predicted molar refractivity (Wildman–Crippen MR) is 112 cm³/mol. The third kappa shape index (κ3) is 3.77. The normalized spacial score (nSPS) is 13.2. The molecule has 0 unspecified atom stereocenters. The van der Waals surface area contributed by atoms with Crippen LogP contribution in [0.4, 0.5) is 5.69 Å². The van der Waals surface area contributed by atoms with E-state index in [0.29, 0.717) is 11.7 Å². The third-order valence-electron chi connectivity index (χ3n) is 4.84. The summed E-state index contributed by atoms with van der Waals surface area (Å²) in [6.07, 6.45) is 8.82. The highest BCUT2D eigenvalue weighted by Gasteiger charge is 2.26. The SMILES string of the molecule is O=C(Nc1cccc(-c2nncn2C2CC2)c1)c1cc(-c2cnc(Cl)nc2)ccn1. The van der Waals surface area contributed by atoms with Gasteiger partial charge in [-0.3, -0.25) is 9.78 Å². The Hall–Kier alpha value is -3.65. The van der Waals surface area contributed by atoms with Crippen LogP contribution in [-0.4, -0.2) is 35.6 Å². The van der Waals surface area contributed by atoms with Crippen molar-refractivity contribution in [1.29, 1.82) is 0 Å². The van der Waals surface area contributed by atoms with Crippen molar-refractivity contribution in [2.75, 3.05) is 5.32 Å². The van der Waals surface area contributed by atoms with Gasteiger partial charge in [-0.25, -0.2) is 9.97 Å². The summed E-state index contributed by atoms with van der Waals surface area (Å²) in [6.45, 7) is 0. The van der Waals surface area contributed by atoms with E-state index < -0.39 is 0 Å². The zero-order valence-electron chi connectivity index (χ0n) is 15.7. The van der Waals surface area contributed by atoms with E-state index in [9.17, 15) is 4.79 Å². The summed E-state index contributed by atoms with van der Waals surface area (Å²) in [7, 11) is 0. The molecular weight excluding hydrogens is 402 g/mol. The molecule has 3 aromatic heterocycles. The molecule has 30 heavy (non-hydrogen) atoms. The van der Waals surface area contributed by atoms with Gasteiger partial charge in [-0.1, -0.05) is 12.1 Å². The molecule has 9 heteroatoms. The molecule has 1 N–H and O–H groups in total. The summed E-state index contributed by atoms with van der Waals surface area (Å²) >= 11 is 5.74. The molecule has 0 spiro atoms. The van der Waals surface area contributed by atoms with E-state index in [1.165, 1.54) is 0 Å². The highest BCUT2D eigenvalue weighted by atomic mass is 35.5. The van der Waals surface area contributed by atoms with Crippen LogP contribution in [-0.2, 0) is 0 Å². The quantitative estimate of drug-likeness (QED) is 0.492. The minimum Gasteiger partial charge on any atom is -0.321 e. The molecule has 8 nitrogen and oxygen atoms in total. The van der Waals surface area contributed by atoms with Gasteiger partial charge in [-0.15, -0.1) is 10.2 Å². The average molecular weight is 418 g/mol. The number of hydrogen-bond donors (Lipinski definition) is 1. The lowest BCUT2D eigenvalue weighted by molar-refractivity contribution is 0.102. The summed E-state index contributed by atoms with van der Waals surface area (Å²) in [6, 6.07) is 11.5. The molecule has 1 aliphatic carbocycles. The number of nitrogens with zero attached hydrogens (tertiary/aromatic N) is 6. The van der Waals surface area contributed by atoms with Crippen LogP contribution in [0.5, 0.6) is 0 Å². The van der Waals surface area contributed by atoms with Crippen LogP contribution >= 0.6 is 11.6 Å². The number of carbonyl (C=O) groups is 1. The number of amides is 1. The molecular formula is C21H16ClN7O. The van der Waals surface area contributed by atoms with E-state index in [1.807, 2.05) is 24.3 Å². The van der Waals surface area contributed by atoms with Crippen molar-refractivity contribution >= 4 is 23.2 Å². The Morgan fingerprint density at radius 3 is 2.67 bits per heavy atom. The summed E-state index contributed by atoms with van der Waals surface area (Å²) in [4.78, 5) is 24.9. The topological polar surface area (TPSA) is 98.5 Å². The van der Waals surface area contributed by atoms with Gasteiger partial charge in [0.2, 0.25) is 5.28 Å². The van der Waals surface area contributed by atoms with Crippen molar-refractivity contribution in [3.63, 3.8) is 0 Å². The number of nitrogens with one attached hydrogen (secondary N) is 1. The summed E-state index contributed by atoms with van der Waals surface area (Å²) in [5.74, 6) is 0.490. The predicted octanol–water partition coefficient (Wildman–Crippen LogP) is 4.04. The second-order valence-corrected chi connectivity index (χ2v) is 7.34. The van der Waals surface area contributed by atoms with E-state index in [1.54, 1.807) is 37.1 Å². The highest BCUT2D eigenvalue weighted by molar-refractivity contribution is 6.28. The Kier molecular flexibility index (Phi) is 4.68. The molecule has 5 rings (SSSR count). The highest BCUT2D eigenvalue weighted by Crippen LogP contribution is 2.37. The minimum atomic E-state index is -0.312. The molecule has 1 amide bonds. The molecule has 1 fully saturated rings. The fourth-order valence-corrected chi connectivity index (χ4v) is 3.29. The molecule has 0 atom stereocenters.